The Labute approximate surface area is 219 Å². The molecule has 1 unspecified atom stereocenters. The summed E-state index contributed by atoms with van der Waals surface area (Å²) >= 11 is 0. The third kappa shape index (κ3) is 8.11. The monoisotopic (exact) mass is 525 g/mol. The number of benzene rings is 2. The Morgan fingerprint density at radius 3 is 2.19 bits per heavy atom. The third-order valence-corrected chi connectivity index (χ3v) is 7.25. The Morgan fingerprint density at radius 2 is 1.62 bits per heavy atom. The van der Waals surface area contributed by atoms with Gasteiger partial charge in [0, 0.05) is 18.9 Å². The van der Waals surface area contributed by atoms with Crippen LogP contribution in [0.15, 0.2) is 84.0 Å². The molecule has 0 aliphatic heterocycles. The molecule has 1 amide bonds. The number of rotatable bonds is 11. The molecule has 8 nitrogen and oxygen atoms in total. The van der Waals surface area contributed by atoms with Gasteiger partial charge >= 0.3 is 0 Å². The molecule has 0 fully saturated rings. The highest BCUT2D eigenvalue weighted by molar-refractivity contribution is 7.89. The van der Waals surface area contributed by atoms with Crippen molar-refractivity contribution in [3.8, 4) is 5.75 Å². The molecule has 1 aromatic heterocycles. The summed E-state index contributed by atoms with van der Waals surface area (Å²) in [5.41, 5.74) is 3.48. The summed E-state index contributed by atoms with van der Waals surface area (Å²) in [7, 11) is -4.09. The van der Waals surface area contributed by atoms with E-state index in [2.05, 4.69) is 10.5 Å². The number of carbonyl (C=O) groups is 1. The van der Waals surface area contributed by atoms with Gasteiger partial charge in [0.2, 0.25) is 10.0 Å². The average molecular weight is 526 g/mol. The van der Waals surface area contributed by atoms with E-state index >= 15 is 0 Å². The fraction of sp³-hybridized carbons (Fsp3) is 0.357. The first-order valence-corrected chi connectivity index (χ1v) is 13.6. The predicted molar refractivity (Wildman–Crippen MR) is 142 cm³/mol. The minimum Gasteiger partial charge on any atom is -0.489 e. The van der Waals surface area contributed by atoms with Gasteiger partial charge in [-0.05, 0) is 68.1 Å². The maximum Gasteiger partial charge on any atom is 0.262 e. The van der Waals surface area contributed by atoms with Gasteiger partial charge in [-0.15, -0.1) is 0 Å². The molecular weight excluding hydrogens is 490 g/mol. The van der Waals surface area contributed by atoms with Crippen LogP contribution in [-0.2, 0) is 32.8 Å². The largest absolute Gasteiger partial charge is 0.489 e. The lowest BCUT2D eigenvalue weighted by molar-refractivity contribution is -0.151. The number of carbonyl (C=O) groups excluding carboxylic acids is 1. The van der Waals surface area contributed by atoms with Gasteiger partial charge < -0.3 is 4.74 Å². The van der Waals surface area contributed by atoms with Crippen molar-refractivity contribution in [1.82, 2.24) is 14.8 Å². The summed E-state index contributed by atoms with van der Waals surface area (Å²) in [6, 6.07) is 18.4. The molecule has 37 heavy (non-hydrogen) atoms. The zero-order valence-corrected chi connectivity index (χ0v) is 22.7. The van der Waals surface area contributed by atoms with E-state index in [0.717, 1.165) is 5.56 Å². The summed E-state index contributed by atoms with van der Waals surface area (Å²) in [6.07, 6.45) is 3.20. The highest BCUT2D eigenvalue weighted by atomic mass is 32.2. The summed E-state index contributed by atoms with van der Waals surface area (Å²) in [6.45, 7) is 9.31. The van der Waals surface area contributed by atoms with Crippen molar-refractivity contribution in [1.29, 1.82) is 0 Å². The molecule has 3 rings (SSSR count). The topological polar surface area (TPSA) is 97.8 Å². The van der Waals surface area contributed by atoms with Crippen molar-refractivity contribution in [3.05, 3.63) is 90.3 Å². The Morgan fingerprint density at radius 1 is 0.973 bits per heavy atom. The minimum atomic E-state index is -4.09. The van der Waals surface area contributed by atoms with Gasteiger partial charge in [0.1, 0.15) is 18.4 Å². The van der Waals surface area contributed by atoms with Crippen molar-refractivity contribution in [2.45, 2.75) is 64.3 Å². The van der Waals surface area contributed by atoms with Crippen molar-refractivity contribution >= 4 is 15.9 Å². The molecule has 0 spiro atoms. The van der Waals surface area contributed by atoms with E-state index in [-0.39, 0.29) is 17.4 Å². The lowest BCUT2D eigenvalue weighted by Gasteiger charge is -2.33. The number of hydrogen-bond acceptors (Lipinski definition) is 6. The molecule has 0 radical (unpaired) electrons. The SMILES string of the molecule is CC(C)C(C(=O)NOC(C)(C)C)N(Cc1cccnc1)S(=O)(=O)c1ccc(OCc2ccccc2)cc1. The van der Waals surface area contributed by atoms with E-state index in [0.29, 0.717) is 17.9 Å². The number of aromatic nitrogens is 1. The van der Waals surface area contributed by atoms with Crippen LogP contribution in [0.25, 0.3) is 0 Å². The van der Waals surface area contributed by atoms with Crippen molar-refractivity contribution < 1.29 is 22.8 Å². The molecule has 0 aliphatic rings. The smallest absolute Gasteiger partial charge is 0.262 e. The van der Waals surface area contributed by atoms with Crippen LogP contribution in [0, 0.1) is 5.92 Å². The Bertz CT molecular complexity index is 1240. The van der Waals surface area contributed by atoms with Gasteiger partial charge in [-0.1, -0.05) is 50.2 Å². The highest BCUT2D eigenvalue weighted by Gasteiger charge is 2.38. The first-order valence-electron chi connectivity index (χ1n) is 12.1. The van der Waals surface area contributed by atoms with E-state index < -0.39 is 27.6 Å². The molecule has 2 aromatic carbocycles. The maximum absolute atomic E-state index is 13.9. The number of pyridine rings is 1. The van der Waals surface area contributed by atoms with Gasteiger partial charge in [0.25, 0.3) is 5.91 Å². The first kappa shape index (κ1) is 28.3. The summed E-state index contributed by atoms with van der Waals surface area (Å²) in [4.78, 5) is 22.9. The number of sulfonamides is 1. The van der Waals surface area contributed by atoms with Crippen LogP contribution in [0.1, 0.15) is 45.7 Å². The molecule has 9 heteroatoms. The Hall–Kier alpha value is -3.27. The molecule has 1 heterocycles. The summed E-state index contributed by atoms with van der Waals surface area (Å²) in [5, 5.41) is 0. The average Bonchev–Trinajstić information content (AvgIpc) is 2.87. The fourth-order valence-electron chi connectivity index (χ4n) is 3.62. The van der Waals surface area contributed by atoms with Gasteiger partial charge in [-0.2, -0.15) is 4.31 Å². The number of nitrogens with zero attached hydrogens (tertiary/aromatic N) is 2. The lowest BCUT2D eigenvalue weighted by Crippen LogP contribution is -2.52. The maximum atomic E-state index is 13.9. The van der Waals surface area contributed by atoms with Crippen LogP contribution in [0.3, 0.4) is 0 Å². The highest BCUT2D eigenvalue weighted by Crippen LogP contribution is 2.27. The molecule has 0 saturated heterocycles. The van der Waals surface area contributed by atoms with E-state index in [1.807, 2.05) is 30.3 Å². The standard InChI is InChI=1S/C28H35N3O5S/c1-21(2)26(27(32)30-36-28(3,4)5)31(19-23-12-9-17-29-18-23)37(33,34)25-15-13-24(14-16-25)35-20-22-10-7-6-8-11-22/h6-18,21,26H,19-20H2,1-5H3,(H,30,32). The quantitative estimate of drug-likeness (QED) is 0.364. The van der Waals surface area contributed by atoms with Crippen LogP contribution < -0.4 is 10.2 Å². The molecule has 0 saturated carbocycles. The molecule has 1 N–H and O–H groups in total. The normalized spacial score (nSPS) is 12.9. The van der Waals surface area contributed by atoms with Crippen LogP contribution >= 0.6 is 0 Å². The van der Waals surface area contributed by atoms with E-state index in [1.165, 1.54) is 16.4 Å². The second-order valence-corrected chi connectivity index (χ2v) is 11.9. The number of hydrogen-bond donors (Lipinski definition) is 1. The second kappa shape index (κ2) is 12.3. The number of hydroxylamine groups is 1. The van der Waals surface area contributed by atoms with Gasteiger partial charge in [0.05, 0.1) is 10.5 Å². The van der Waals surface area contributed by atoms with Crippen LogP contribution in [0.2, 0.25) is 0 Å². The van der Waals surface area contributed by atoms with E-state index in [1.54, 1.807) is 71.3 Å². The first-order chi connectivity index (χ1) is 17.5. The van der Waals surface area contributed by atoms with E-state index in [4.69, 9.17) is 9.57 Å². The van der Waals surface area contributed by atoms with Crippen molar-refractivity contribution in [3.63, 3.8) is 0 Å². The minimum absolute atomic E-state index is 0.0335. The molecular formula is C28H35N3O5S. The van der Waals surface area contributed by atoms with Crippen molar-refractivity contribution in [2.75, 3.05) is 0 Å². The fourth-order valence-corrected chi connectivity index (χ4v) is 5.33. The zero-order chi connectivity index (χ0) is 27.1. The van der Waals surface area contributed by atoms with Gasteiger partial charge in [0.15, 0.2) is 0 Å². The third-order valence-electron chi connectivity index (χ3n) is 5.41. The van der Waals surface area contributed by atoms with Crippen LogP contribution in [0.5, 0.6) is 5.75 Å². The molecule has 1 atom stereocenters. The number of amides is 1. The van der Waals surface area contributed by atoms with Gasteiger partial charge in [-0.3, -0.25) is 14.6 Å². The Balaban J connectivity index is 1.90. The van der Waals surface area contributed by atoms with Crippen LogP contribution in [-0.4, -0.2) is 35.3 Å². The molecule has 3 aromatic rings. The van der Waals surface area contributed by atoms with Crippen LogP contribution in [0.4, 0.5) is 0 Å². The van der Waals surface area contributed by atoms with Gasteiger partial charge in [-0.25, -0.2) is 13.9 Å². The predicted octanol–water partition coefficient (Wildman–Crippen LogP) is 4.72. The Kier molecular flexibility index (Phi) is 9.42. The summed E-state index contributed by atoms with van der Waals surface area (Å²) < 4.78 is 34.9. The number of nitrogens with one attached hydrogen (secondary N) is 1. The molecule has 0 bridgehead atoms. The lowest BCUT2D eigenvalue weighted by atomic mass is 10.0. The van der Waals surface area contributed by atoms with Crippen molar-refractivity contribution in [2.24, 2.45) is 5.92 Å². The molecule has 198 valence electrons. The summed E-state index contributed by atoms with van der Waals surface area (Å²) in [5.74, 6) is -0.345. The zero-order valence-electron chi connectivity index (χ0n) is 21.9. The molecule has 0 aliphatic carbocycles. The number of ether oxygens (including phenoxy) is 1. The second-order valence-electron chi connectivity index (χ2n) is 10.0. The van der Waals surface area contributed by atoms with E-state index in [9.17, 15) is 13.2 Å².